The summed E-state index contributed by atoms with van der Waals surface area (Å²) in [7, 11) is 3.15. The van der Waals surface area contributed by atoms with E-state index >= 15 is 0 Å². The Labute approximate surface area is 254 Å². The summed E-state index contributed by atoms with van der Waals surface area (Å²) in [6.45, 7) is 0.297. The highest BCUT2D eigenvalue weighted by molar-refractivity contribution is 8.26. The molecule has 2 amide bonds. The number of methoxy groups -OCH3 is 2. The summed E-state index contributed by atoms with van der Waals surface area (Å²) in [5, 5.41) is 11.6. The number of ether oxygens (including phenoxy) is 2. The van der Waals surface area contributed by atoms with Crippen LogP contribution >= 0.6 is 24.0 Å². The van der Waals surface area contributed by atoms with Crippen molar-refractivity contribution in [2.75, 3.05) is 20.8 Å². The quantitative estimate of drug-likeness (QED) is 0.181. The highest BCUT2D eigenvalue weighted by Crippen LogP contribution is 2.49. The van der Waals surface area contributed by atoms with E-state index < -0.39 is 24.3 Å². The van der Waals surface area contributed by atoms with E-state index in [1.165, 1.54) is 24.6 Å². The van der Waals surface area contributed by atoms with E-state index in [0.717, 1.165) is 24.0 Å². The highest BCUT2D eigenvalue weighted by Gasteiger charge is 2.48. The van der Waals surface area contributed by atoms with Crippen LogP contribution in [0.5, 0.6) is 11.5 Å². The molecule has 224 valence electrons. The van der Waals surface area contributed by atoms with Crippen molar-refractivity contribution in [2.45, 2.75) is 57.0 Å². The number of aliphatic carboxylic acids is 1. The summed E-state index contributed by atoms with van der Waals surface area (Å²) in [6.07, 6.45) is 6.98. The van der Waals surface area contributed by atoms with Gasteiger partial charge in [0.25, 0.3) is 5.91 Å². The van der Waals surface area contributed by atoms with Gasteiger partial charge in [0.15, 0.2) is 0 Å². The van der Waals surface area contributed by atoms with E-state index in [-0.39, 0.29) is 11.9 Å². The van der Waals surface area contributed by atoms with E-state index in [1.54, 1.807) is 26.4 Å². The lowest BCUT2D eigenvalue weighted by atomic mass is 9.94. The average molecular weight is 614 g/mol. The zero-order valence-electron chi connectivity index (χ0n) is 23.6. The first kappa shape index (κ1) is 30.1. The summed E-state index contributed by atoms with van der Waals surface area (Å²) in [6, 6.07) is 6.43. The van der Waals surface area contributed by atoms with Crippen LogP contribution in [0.1, 0.15) is 49.8 Å². The van der Waals surface area contributed by atoms with Crippen molar-refractivity contribution >= 4 is 52.2 Å². The smallest absolute Gasteiger partial charge is 0.305 e. The first-order valence-corrected chi connectivity index (χ1v) is 15.3. The van der Waals surface area contributed by atoms with Crippen LogP contribution in [0, 0.1) is 11.8 Å². The summed E-state index contributed by atoms with van der Waals surface area (Å²) >= 11 is 6.98. The van der Waals surface area contributed by atoms with Crippen LogP contribution in [-0.2, 0) is 20.8 Å². The molecule has 2 saturated carbocycles. The van der Waals surface area contributed by atoms with Crippen molar-refractivity contribution in [3.8, 4) is 22.8 Å². The number of amides is 2. The van der Waals surface area contributed by atoms with Crippen molar-refractivity contribution in [3.05, 3.63) is 40.5 Å². The molecule has 10 nitrogen and oxygen atoms in total. The van der Waals surface area contributed by atoms with Crippen LogP contribution in [-0.4, -0.2) is 65.0 Å². The molecule has 2 aliphatic carbocycles. The van der Waals surface area contributed by atoms with Crippen LogP contribution in [0.3, 0.4) is 0 Å². The fourth-order valence-corrected chi connectivity index (χ4v) is 7.51. The molecular weight excluding hydrogens is 578 g/mol. The minimum absolute atomic E-state index is 0.0748. The number of benzene rings is 1. The number of aryl methyl sites for hydroxylation is 1. The molecule has 1 aromatic carbocycles. The second-order valence-electron chi connectivity index (χ2n) is 11.0. The van der Waals surface area contributed by atoms with Gasteiger partial charge in [-0.3, -0.25) is 19.3 Å². The van der Waals surface area contributed by atoms with E-state index in [2.05, 4.69) is 5.32 Å². The van der Waals surface area contributed by atoms with Gasteiger partial charge in [-0.05, 0) is 67.7 Å². The fourth-order valence-electron chi connectivity index (χ4n) is 6.17. The van der Waals surface area contributed by atoms with Crippen LogP contribution < -0.4 is 20.5 Å². The van der Waals surface area contributed by atoms with Crippen LogP contribution in [0.2, 0.25) is 0 Å². The molecule has 2 bridgehead atoms. The average Bonchev–Trinajstić information content (AvgIpc) is 3.75. The lowest BCUT2D eigenvalue weighted by Crippen LogP contribution is -2.42. The SMILES string of the molecule is COc1cc(OC)cc(-c2cc(CCCNC(=O)[C@@H](N)CC(=O)O)c(C=C3SC(=S)N(C4CC5CCC4C5)C3=O)o2)c1. The number of hydrogen-bond donors (Lipinski definition) is 3. The Bertz CT molecular complexity index is 1400. The van der Waals surface area contributed by atoms with Crippen LogP contribution in [0.15, 0.2) is 33.6 Å². The number of carbonyl (C=O) groups excluding carboxylic acids is 2. The van der Waals surface area contributed by atoms with E-state index in [9.17, 15) is 14.4 Å². The van der Waals surface area contributed by atoms with Crippen molar-refractivity contribution in [2.24, 2.45) is 17.6 Å². The molecule has 1 aliphatic heterocycles. The van der Waals surface area contributed by atoms with Crippen molar-refractivity contribution in [1.82, 2.24) is 10.2 Å². The molecule has 2 aromatic rings. The van der Waals surface area contributed by atoms with Gasteiger partial charge in [0.05, 0.1) is 31.6 Å². The predicted molar refractivity (Wildman–Crippen MR) is 163 cm³/mol. The van der Waals surface area contributed by atoms with Gasteiger partial charge in [0.1, 0.15) is 27.3 Å². The maximum atomic E-state index is 13.6. The number of thiocarbonyl (C=S) groups is 1. The zero-order valence-corrected chi connectivity index (χ0v) is 25.2. The monoisotopic (exact) mass is 613 g/mol. The summed E-state index contributed by atoms with van der Waals surface area (Å²) < 4.78 is 17.8. The number of nitrogens with two attached hydrogens (primary N) is 1. The molecule has 2 heterocycles. The molecule has 1 saturated heterocycles. The fraction of sp³-hybridized carbons (Fsp3) is 0.467. The molecular formula is C30H35N3O7S2. The maximum Gasteiger partial charge on any atom is 0.305 e. The lowest BCUT2D eigenvalue weighted by molar-refractivity contribution is -0.139. The Morgan fingerprint density at radius 3 is 2.57 bits per heavy atom. The normalized spacial score (nSPS) is 23.1. The number of hydrogen-bond acceptors (Lipinski definition) is 9. The summed E-state index contributed by atoms with van der Waals surface area (Å²) in [4.78, 5) is 38.9. The molecule has 0 radical (unpaired) electrons. The highest BCUT2D eigenvalue weighted by atomic mass is 32.2. The number of carbonyl (C=O) groups is 3. The van der Waals surface area contributed by atoms with E-state index in [1.807, 2.05) is 23.1 Å². The number of nitrogens with one attached hydrogen (secondary N) is 1. The Balaban J connectivity index is 1.38. The Hall–Kier alpha value is -3.35. The first-order valence-electron chi connectivity index (χ1n) is 14.0. The zero-order chi connectivity index (χ0) is 30.0. The second kappa shape index (κ2) is 12.9. The third-order valence-electron chi connectivity index (χ3n) is 8.25. The Morgan fingerprint density at radius 1 is 1.21 bits per heavy atom. The van der Waals surface area contributed by atoms with Crippen molar-refractivity contribution in [3.63, 3.8) is 0 Å². The van der Waals surface area contributed by atoms with Crippen molar-refractivity contribution < 1.29 is 33.4 Å². The molecule has 0 spiro atoms. The van der Waals surface area contributed by atoms with Gasteiger partial charge in [0.2, 0.25) is 5.91 Å². The first-order chi connectivity index (χ1) is 20.2. The van der Waals surface area contributed by atoms with E-state index in [0.29, 0.717) is 63.5 Å². The maximum absolute atomic E-state index is 13.6. The number of rotatable bonds is 12. The van der Waals surface area contributed by atoms with Gasteiger partial charge < -0.3 is 30.0 Å². The molecule has 3 unspecified atom stereocenters. The molecule has 5 rings (SSSR count). The second-order valence-corrected chi connectivity index (χ2v) is 12.7. The number of furan rings is 1. The largest absolute Gasteiger partial charge is 0.497 e. The third-order valence-corrected chi connectivity index (χ3v) is 9.58. The van der Waals surface area contributed by atoms with Crippen LogP contribution in [0.4, 0.5) is 0 Å². The predicted octanol–water partition coefficient (Wildman–Crippen LogP) is 4.20. The number of thioether (sulfide) groups is 1. The molecule has 4 N–H and O–H groups in total. The van der Waals surface area contributed by atoms with Gasteiger partial charge in [0, 0.05) is 30.3 Å². The number of carboxylic acids is 1. The standard InChI is InChI=1S/C30H35N3O7S2/c1-38-20-10-19(11-21(13-20)39-2)24-12-18(4-3-7-32-28(36)22(31)14-27(34)35)25(40-24)15-26-29(37)33(30(41)42-26)23-9-16-5-6-17(23)8-16/h10-13,15-17,22-23H,3-9,14,31H2,1-2H3,(H,32,36)(H,34,35)/t16?,17?,22-,23?/m0/s1. The molecule has 42 heavy (non-hydrogen) atoms. The Morgan fingerprint density at radius 2 is 1.95 bits per heavy atom. The minimum atomic E-state index is -1.13. The third kappa shape index (κ3) is 6.50. The van der Waals surface area contributed by atoms with Crippen molar-refractivity contribution in [1.29, 1.82) is 0 Å². The minimum Gasteiger partial charge on any atom is -0.497 e. The van der Waals surface area contributed by atoms with Gasteiger partial charge in [-0.15, -0.1) is 0 Å². The van der Waals surface area contributed by atoms with Crippen LogP contribution in [0.25, 0.3) is 17.4 Å². The number of carboxylic acid groups (broad SMARTS) is 1. The Kier molecular flexibility index (Phi) is 9.24. The van der Waals surface area contributed by atoms with E-state index in [4.69, 9.17) is 36.9 Å². The summed E-state index contributed by atoms with van der Waals surface area (Å²) in [5.41, 5.74) is 7.25. The molecule has 3 aliphatic rings. The van der Waals surface area contributed by atoms with Gasteiger partial charge in [-0.1, -0.05) is 30.4 Å². The lowest BCUT2D eigenvalue weighted by Gasteiger charge is -2.30. The topological polar surface area (TPSA) is 144 Å². The summed E-state index contributed by atoms with van der Waals surface area (Å²) in [5.74, 6) is 1.81. The van der Waals surface area contributed by atoms with Gasteiger partial charge in [-0.2, -0.15) is 0 Å². The molecule has 12 heteroatoms. The number of nitrogens with zero attached hydrogens (tertiary/aromatic N) is 1. The van der Waals surface area contributed by atoms with Gasteiger partial charge in [-0.25, -0.2) is 0 Å². The molecule has 4 atom stereocenters. The van der Waals surface area contributed by atoms with Gasteiger partial charge >= 0.3 is 5.97 Å². The number of fused-ring (bicyclic) bond motifs is 2. The molecule has 1 aromatic heterocycles. The molecule has 3 fully saturated rings.